The van der Waals surface area contributed by atoms with Crippen LogP contribution in [0, 0.1) is 0 Å². The summed E-state index contributed by atoms with van der Waals surface area (Å²) in [6, 6.07) is 3.57. The van der Waals surface area contributed by atoms with Crippen molar-refractivity contribution in [3.8, 4) is 0 Å². The van der Waals surface area contributed by atoms with Crippen LogP contribution in [0.4, 0.5) is 0 Å². The van der Waals surface area contributed by atoms with Crippen molar-refractivity contribution in [2.45, 2.75) is 6.10 Å². The minimum atomic E-state index is -0.574. The molecule has 90 valence electrons. The fourth-order valence-corrected chi connectivity index (χ4v) is 1.76. The van der Waals surface area contributed by atoms with Crippen LogP contribution in [0.2, 0.25) is 0 Å². The molecule has 0 aliphatic carbocycles. The molecule has 2 rings (SSSR count). The zero-order valence-electron chi connectivity index (χ0n) is 9.59. The van der Waals surface area contributed by atoms with Gasteiger partial charge in [-0.1, -0.05) is 0 Å². The molecule has 0 aromatic carbocycles. The zero-order chi connectivity index (χ0) is 11.4. The number of nitrogens with zero attached hydrogens (tertiary/aromatic N) is 2. The molecule has 5 nitrogen and oxygen atoms in total. The summed E-state index contributed by atoms with van der Waals surface area (Å²) in [7, 11) is 2.12. The fraction of sp³-hybridized carbons (Fsp3) is 0.636. The topological polar surface area (TPSA) is 51.9 Å². The lowest BCUT2D eigenvalue weighted by molar-refractivity contribution is 0.0672. The molecule has 0 saturated carbocycles. The van der Waals surface area contributed by atoms with E-state index >= 15 is 0 Å². The lowest BCUT2D eigenvalue weighted by atomic mass is 10.3. The van der Waals surface area contributed by atoms with E-state index in [1.54, 1.807) is 18.4 Å². The molecule has 0 radical (unpaired) electrons. The Morgan fingerprint density at radius 3 is 2.81 bits per heavy atom. The molecule has 2 heterocycles. The molecule has 5 heteroatoms. The third-order valence-corrected chi connectivity index (χ3v) is 2.88. The Kier molecular flexibility index (Phi) is 3.95. The highest BCUT2D eigenvalue weighted by Crippen LogP contribution is 2.11. The van der Waals surface area contributed by atoms with Gasteiger partial charge in [0.1, 0.15) is 11.9 Å². The average Bonchev–Trinajstić information content (AvgIpc) is 2.81. The first-order valence-corrected chi connectivity index (χ1v) is 5.64. The first-order chi connectivity index (χ1) is 7.75. The first kappa shape index (κ1) is 11.6. The minimum Gasteiger partial charge on any atom is -0.467 e. The van der Waals surface area contributed by atoms with E-state index < -0.39 is 6.10 Å². The number of furan rings is 1. The van der Waals surface area contributed by atoms with Crippen molar-refractivity contribution in [3.63, 3.8) is 0 Å². The summed E-state index contributed by atoms with van der Waals surface area (Å²) in [6.07, 6.45) is 1.00. The average molecular weight is 225 g/mol. The van der Waals surface area contributed by atoms with Gasteiger partial charge in [0.25, 0.3) is 0 Å². The largest absolute Gasteiger partial charge is 0.467 e. The van der Waals surface area contributed by atoms with E-state index in [1.165, 1.54) is 0 Å². The van der Waals surface area contributed by atoms with Gasteiger partial charge in [-0.25, -0.2) is 5.01 Å². The first-order valence-electron chi connectivity index (χ1n) is 5.64. The Labute approximate surface area is 95.6 Å². The highest BCUT2D eigenvalue weighted by atomic mass is 16.4. The van der Waals surface area contributed by atoms with Gasteiger partial charge < -0.3 is 14.4 Å². The maximum Gasteiger partial charge on any atom is 0.133 e. The molecule has 1 atom stereocenters. The van der Waals surface area contributed by atoms with Crippen LogP contribution in [0.15, 0.2) is 22.8 Å². The van der Waals surface area contributed by atoms with E-state index in [-0.39, 0.29) is 0 Å². The normalized spacial score (nSPS) is 21.1. The lowest BCUT2D eigenvalue weighted by Crippen LogP contribution is -2.51. The van der Waals surface area contributed by atoms with Crippen molar-refractivity contribution in [2.24, 2.45) is 0 Å². The van der Waals surface area contributed by atoms with Gasteiger partial charge >= 0.3 is 0 Å². The molecule has 1 saturated heterocycles. The van der Waals surface area contributed by atoms with Gasteiger partial charge in [-0.05, 0) is 19.2 Å². The number of likely N-dealkylation sites (N-methyl/N-ethyl adjacent to an activating group) is 1. The molecule has 0 spiro atoms. The standard InChI is InChI=1S/C11H19N3O2/c1-13-4-6-14(7-5-13)12-9-10(15)11-3-2-8-16-11/h2-3,8,10,12,15H,4-7,9H2,1H3. The molecular weight excluding hydrogens is 206 g/mol. The molecule has 1 aliphatic heterocycles. The highest BCUT2D eigenvalue weighted by molar-refractivity contribution is 5.01. The minimum absolute atomic E-state index is 0.497. The van der Waals surface area contributed by atoms with Crippen LogP contribution in [-0.2, 0) is 0 Å². The fourth-order valence-electron chi connectivity index (χ4n) is 1.76. The zero-order valence-corrected chi connectivity index (χ0v) is 9.59. The van der Waals surface area contributed by atoms with Gasteiger partial charge in [-0.2, -0.15) is 0 Å². The van der Waals surface area contributed by atoms with Crippen molar-refractivity contribution in [3.05, 3.63) is 24.2 Å². The van der Waals surface area contributed by atoms with E-state index in [1.807, 2.05) is 0 Å². The molecule has 0 amide bonds. The Balaban J connectivity index is 1.71. The van der Waals surface area contributed by atoms with Crippen molar-refractivity contribution in [1.82, 2.24) is 15.3 Å². The molecule has 1 fully saturated rings. The summed E-state index contributed by atoms with van der Waals surface area (Å²) in [5.74, 6) is 0.613. The number of rotatable bonds is 4. The monoisotopic (exact) mass is 225 g/mol. The van der Waals surface area contributed by atoms with Crippen LogP contribution >= 0.6 is 0 Å². The van der Waals surface area contributed by atoms with Gasteiger partial charge in [0.2, 0.25) is 0 Å². The van der Waals surface area contributed by atoms with Gasteiger partial charge in [-0.3, -0.25) is 5.43 Å². The van der Waals surface area contributed by atoms with Crippen LogP contribution in [0.5, 0.6) is 0 Å². The quantitative estimate of drug-likeness (QED) is 0.759. The summed E-state index contributed by atoms with van der Waals surface area (Å²) in [5, 5.41) is 11.9. The SMILES string of the molecule is CN1CCN(NCC(O)c2ccco2)CC1. The molecule has 1 aliphatic rings. The van der Waals surface area contributed by atoms with E-state index in [4.69, 9.17) is 4.42 Å². The van der Waals surface area contributed by atoms with E-state index in [9.17, 15) is 5.11 Å². The maximum absolute atomic E-state index is 9.80. The van der Waals surface area contributed by atoms with Crippen LogP contribution in [0.1, 0.15) is 11.9 Å². The predicted octanol–water partition coefficient (Wildman–Crippen LogP) is 0.0650. The molecule has 0 bridgehead atoms. The van der Waals surface area contributed by atoms with Crippen molar-refractivity contribution in [1.29, 1.82) is 0 Å². The Morgan fingerprint density at radius 2 is 2.19 bits per heavy atom. The van der Waals surface area contributed by atoms with Gasteiger partial charge in [0, 0.05) is 32.7 Å². The number of aliphatic hydroxyl groups excluding tert-OH is 1. The number of aliphatic hydroxyl groups is 1. The van der Waals surface area contributed by atoms with Crippen molar-refractivity contribution in [2.75, 3.05) is 39.8 Å². The van der Waals surface area contributed by atoms with Crippen LogP contribution in [0.25, 0.3) is 0 Å². The van der Waals surface area contributed by atoms with Gasteiger partial charge in [0.15, 0.2) is 0 Å². The van der Waals surface area contributed by atoms with Crippen molar-refractivity contribution < 1.29 is 9.52 Å². The van der Waals surface area contributed by atoms with E-state index in [0.717, 1.165) is 26.2 Å². The number of hydrogen-bond donors (Lipinski definition) is 2. The van der Waals surface area contributed by atoms with Crippen LogP contribution in [-0.4, -0.2) is 54.8 Å². The summed E-state index contributed by atoms with van der Waals surface area (Å²) >= 11 is 0. The highest BCUT2D eigenvalue weighted by Gasteiger charge is 2.16. The smallest absolute Gasteiger partial charge is 0.133 e. The second kappa shape index (κ2) is 5.45. The summed E-state index contributed by atoms with van der Waals surface area (Å²) in [5.41, 5.74) is 3.23. The Hall–Kier alpha value is -0.880. The second-order valence-electron chi connectivity index (χ2n) is 4.18. The van der Waals surface area contributed by atoms with Gasteiger partial charge in [0.05, 0.1) is 6.26 Å². The molecule has 16 heavy (non-hydrogen) atoms. The van der Waals surface area contributed by atoms with Crippen molar-refractivity contribution >= 4 is 0 Å². The van der Waals surface area contributed by atoms with Crippen LogP contribution < -0.4 is 5.43 Å². The summed E-state index contributed by atoms with van der Waals surface area (Å²) < 4.78 is 5.14. The van der Waals surface area contributed by atoms with Crippen LogP contribution in [0.3, 0.4) is 0 Å². The molecule has 1 unspecified atom stereocenters. The Bertz CT molecular complexity index is 294. The third kappa shape index (κ3) is 3.05. The van der Waals surface area contributed by atoms with Gasteiger partial charge in [-0.15, -0.1) is 0 Å². The van der Waals surface area contributed by atoms with E-state index in [0.29, 0.717) is 12.3 Å². The Morgan fingerprint density at radius 1 is 1.44 bits per heavy atom. The number of hydrazine groups is 1. The molecule has 1 aromatic heterocycles. The number of piperazine rings is 1. The molecule has 1 aromatic rings. The summed E-state index contributed by atoms with van der Waals surface area (Å²) in [4.78, 5) is 2.29. The summed E-state index contributed by atoms with van der Waals surface area (Å²) in [6.45, 7) is 4.59. The number of nitrogens with one attached hydrogen (secondary N) is 1. The lowest BCUT2D eigenvalue weighted by Gasteiger charge is -2.33. The maximum atomic E-state index is 9.80. The second-order valence-corrected chi connectivity index (χ2v) is 4.18. The molecule has 2 N–H and O–H groups in total. The number of hydrogen-bond acceptors (Lipinski definition) is 5. The third-order valence-electron chi connectivity index (χ3n) is 2.88. The predicted molar refractivity (Wildman–Crippen MR) is 60.7 cm³/mol. The molecular formula is C11H19N3O2. The van der Waals surface area contributed by atoms with E-state index in [2.05, 4.69) is 22.4 Å².